The first-order chi connectivity index (χ1) is 14.1. The Kier molecular flexibility index (Phi) is 5.74. The summed E-state index contributed by atoms with van der Waals surface area (Å²) in [6.07, 6.45) is 3.44. The Balaban J connectivity index is 1.46. The van der Waals surface area contributed by atoms with Gasteiger partial charge in [0.1, 0.15) is 10.8 Å². The third kappa shape index (κ3) is 4.55. The zero-order valence-electron chi connectivity index (χ0n) is 16.2. The molecule has 1 N–H and O–H groups in total. The van der Waals surface area contributed by atoms with Gasteiger partial charge in [-0.05, 0) is 55.0 Å². The van der Waals surface area contributed by atoms with E-state index in [0.29, 0.717) is 4.88 Å². The van der Waals surface area contributed by atoms with Crippen molar-refractivity contribution in [3.05, 3.63) is 70.7 Å². The minimum absolute atomic E-state index is 0.0534. The van der Waals surface area contributed by atoms with Crippen molar-refractivity contribution in [2.75, 3.05) is 31.2 Å². The first-order valence-corrected chi connectivity index (χ1v) is 10.3. The highest BCUT2D eigenvalue weighted by Crippen LogP contribution is 2.29. The van der Waals surface area contributed by atoms with E-state index in [2.05, 4.69) is 22.0 Å². The van der Waals surface area contributed by atoms with Crippen molar-refractivity contribution in [3.8, 4) is 16.3 Å². The minimum Gasteiger partial charge on any atom is -0.508 e. The first kappa shape index (κ1) is 19.4. The quantitative estimate of drug-likeness (QED) is 0.497. The van der Waals surface area contributed by atoms with Gasteiger partial charge in [0.2, 0.25) is 0 Å². The number of nitrogens with zero attached hydrogens (tertiary/aromatic N) is 2. The van der Waals surface area contributed by atoms with E-state index in [0.717, 1.165) is 48.1 Å². The maximum atomic E-state index is 12.7. The second-order valence-corrected chi connectivity index (χ2v) is 7.87. The number of carbonyl (C=O) groups is 1. The van der Waals surface area contributed by atoms with Crippen LogP contribution in [0.5, 0.6) is 5.75 Å². The molecule has 0 spiro atoms. The number of benzene rings is 2. The van der Waals surface area contributed by atoms with Crippen LogP contribution in [0, 0.1) is 6.92 Å². The number of morpholine rings is 1. The van der Waals surface area contributed by atoms with Crippen LogP contribution in [0.2, 0.25) is 0 Å². The van der Waals surface area contributed by atoms with E-state index in [9.17, 15) is 9.90 Å². The SMILES string of the molecule is Cc1nc(-c2ccc(O)cc2)sc1C(=O)/C=C/c1ccc(N2CCOCC2)cc1. The van der Waals surface area contributed by atoms with Crippen molar-refractivity contribution in [1.29, 1.82) is 0 Å². The van der Waals surface area contributed by atoms with Crippen molar-refractivity contribution >= 4 is 28.9 Å². The number of aryl methyl sites for hydroxylation is 1. The van der Waals surface area contributed by atoms with E-state index >= 15 is 0 Å². The topological polar surface area (TPSA) is 62.7 Å². The molecule has 6 heteroatoms. The number of aromatic hydroxyl groups is 1. The molecular formula is C23H22N2O3S. The normalized spacial score (nSPS) is 14.4. The molecule has 1 aliphatic heterocycles. The molecule has 1 aromatic heterocycles. The van der Waals surface area contributed by atoms with Gasteiger partial charge < -0.3 is 14.7 Å². The van der Waals surface area contributed by atoms with Crippen LogP contribution in [0.4, 0.5) is 5.69 Å². The number of thiazole rings is 1. The lowest BCUT2D eigenvalue weighted by Gasteiger charge is -2.28. The summed E-state index contributed by atoms with van der Waals surface area (Å²) in [5.41, 5.74) is 3.76. The molecule has 5 nitrogen and oxygen atoms in total. The molecule has 0 aliphatic carbocycles. The molecule has 2 aromatic carbocycles. The van der Waals surface area contributed by atoms with Crippen LogP contribution < -0.4 is 4.90 Å². The second kappa shape index (κ2) is 8.59. The van der Waals surface area contributed by atoms with Crippen LogP contribution in [0.1, 0.15) is 20.9 Å². The third-order valence-electron chi connectivity index (χ3n) is 4.83. The summed E-state index contributed by atoms with van der Waals surface area (Å²) in [7, 11) is 0. The van der Waals surface area contributed by atoms with E-state index in [1.165, 1.54) is 17.0 Å². The number of rotatable bonds is 5. The molecule has 1 fully saturated rings. The minimum atomic E-state index is -0.0534. The van der Waals surface area contributed by atoms with Gasteiger partial charge in [0.25, 0.3) is 0 Å². The number of hydrogen-bond donors (Lipinski definition) is 1. The first-order valence-electron chi connectivity index (χ1n) is 9.52. The summed E-state index contributed by atoms with van der Waals surface area (Å²) in [5, 5.41) is 10.2. The van der Waals surface area contributed by atoms with Gasteiger partial charge in [-0.15, -0.1) is 11.3 Å². The van der Waals surface area contributed by atoms with Gasteiger partial charge in [0.15, 0.2) is 5.78 Å². The highest BCUT2D eigenvalue weighted by atomic mass is 32.1. The van der Waals surface area contributed by atoms with Gasteiger partial charge in [-0.3, -0.25) is 4.79 Å². The van der Waals surface area contributed by atoms with Gasteiger partial charge in [-0.25, -0.2) is 4.98 Å². The fourth-order valence-electron chi connectivity index (χ4n) is 3.22. The molecule has 0 bridgehead atoms. The summed E-state index contributed by atoms with van der Waals surface area (Å²) in [6, 6.07) is 15.0. The van der Waals surface area contributed by atoms with Gasteiger partial charge in [0.05, 0.1) is 23.8 Å². The Morgan fingerprint density at radius 1 is 1.10 bits per heavy atom. The van der Waals surface area contributed by atoms with E-state index in [4.69, 9.17) is 4.74 Å². The van der Waals surface area contributed by atoms with Crippen LogP contribution in [-0.2, 0) is 4.74 Å². The van der Waals surface area contributed by atoms with Crippen molar-refractivity contribution in [2.45, 2.75) is 6.92 Å². The zero-order valence-corrected chi connectivity index (χ0v) is 17.0. The zero-order chi connectivity index (χ0) is 20.2. The fraction of sp³-hybridized carbons (Fsp3) is 0.217. The molecule has 3 aromatic rings. The second-order valence-electron chi connectivity index (χ2n) is 6.87. The summed E-state index contributed by atoms with van der Waals surface area (Å²) < 4.78 is 5.39. The molecular weight excluding hydrogens is 384 g/mol. The predicted molar refractivity (Wildman–Crippen MR) is 117 cm³/mol. The molecule has 1 saturated heterocycles. The summed E-state index contributed by atoms with van der Waals surface area (Å²) in [5.74, 6) is 0.156. The molecule has 2 heterocycles. The summed E-state index contributed by atoms with van der Waals surface area (Å²) in [6.45, 7) is 5.18. The molecule has 0 amide bonds. The molecule has 0 saturated carbocycles. The highest BCUT2D eigenvalue weighted by molar-refractivity contribution is 7.17. The molecule has 0 unspecified atom stereocenters. The van der Waals surface area contributed by atoms with E-state index < -0.39 is 0 Å². The summed E-state index contributed by atoms with van der Waals surface area (Å²) in [4.78, 5) is 20.1. The monoisotopic (exact) mass is 406 g/mol. The van der Waals surface area contributed by atoms with Crippen LogP contribution in [0.25, 0.3) is 16.6 Å². The Labute approximate surface area is 173 Å². The van der Waals surface area contributed by atoms with Crippen molar-refractivity contribution in [1.82, 2.24) is 4.98 Å². The van der Waals surface area contributed by atoms with Crippen molar-refractivity contribution in [2.24, 2.45) is 0 Å². The molecule has 1 aliphatic rings. The Morgan fingerprint density at radius 2 is 1.79 bits per heavy atom. The van der Waals surface area contributed by atoms with E-state index in [1.54, 1.807) is 30.3 Å². The fourth-order valence-corrected chi connectivity index (χ4v) is 4.21. The Hall–Kier alpha value is -2.96. The van der Waals surface area contributed by atoms with Gasteiger partial charge in [-0.1, -0.05) is 18.2 Å². The van der Waals surface area contributed by atoms with Gasteiger partial charge in [0, 0.05) is 24.3 Å². The number of phenols is 1. The molecule has 29 heavy (non-hydrogen) atoms. The van der Waals surface area contributed by atoms with Crippen LogP contribution in [-0.4, -0.2) is 42.2 Å². The maximum absolute atomic E-state index is 12.7. The number of phenolic OH excluding ortho intramolecular Hbond substituents is 1. The Bertz CT molecular complexity index is 1020. The average Bonchev–Trinajstić information content (AvgIpc) is 3.15. The average molecular weight is 407 g/mol. The van der Waals surface area contributed by atoms with Crippen molar-refractivity contribution < 1.29 is 14.6 Å². The van der Waals surface area contributed by atoms with Crippen LogP contribution in [0.3, 0.4) is 0 Å². The molecule has 4 rings (SSSR count). The number of ether oxygens (including phenoxy) is 1. The molecule has 0 atom stereocenters. The lowest BCUT2D eigenvalue weighted by Crippen LogP contribution is -2.36. The largest absolute Gasteiger partial charge is 0.508 e. The predicted octanol–water partition coefficient (Wildman–Crippen LogP) is 4.56. The Morgan fingerprint density at radius 3 is 2.48 bits per heavy atom. The number of allylic oxidation sites excluding steroid dienone is 1. The maximum Gasteiger partial charge on any atom is 0.197 e. The van der Waals surface area contributed by atoms with Gasteiger partial charge in [-0.2, -0.15) is 0 Å². The van der Waals surface area contributed by atoms with E-state index in [-0.39, 0.29) is 11.5 Å². The van der Waals surface area contributed by atoms with Crippen LogP contribution in [0.15, 0.2) is 54.6 Å². The van der Waals surface area contributed by atoms with E-state index in [1.807, 2.05) is 25.1 Å². The smallest absolute Gasteiger partial charge is 0.197 e. The van der Waals surface area contributed by atoms with Crippen molar-refractivity contribution in [3.63, 3.8) is 0 Å². The third-order valence-corrected chi connectivity index (χ3v) is 6.05. The lowest BCUT2D eigenvalue weighted by atomic mass is 10.1. The number of anilines is 1. The number of aromatic nitrogens is 1. The lowest BCUT2D eigenvalue weighted by molar-refractivity contribution is 0.105. The molecule has 0 radical (unpaired) electrons. The number of ketones is 1. The van der Waals surface area contributed by atoms with Crippen LogP contribution >= 0.6 is 11.3 Å². The number of hydrogen-bond acceptors (Lipinski definition) is 6. The highest BCUT2D eigenvalue weighted by Gasteiger charge is 2.14. The molecule has 148 valence electrons. The van der Waals surface area contributed by atoms with Gasteiger partial charge >= 0.3 is 0 Å². The number of carbonyl (C=O) groups excluding carboxylic acids is 1. The summed E-state index contributed by atoms with van der Waals surface area (Å²) >= 11 is 1.37. The standard InChI is InChI=1S/C23H22N2O3S/c1-16-22(29-23(24-16)18-5-9-20(26)10-6-18)21(27)11-4-17-2-7-19(8-3-17)25-12-14-28-15-13-25/h2-11,26H,12-15H2,1H3/b11-4+.